The molecular weight excluding hydrogens is 268 g/mol. The van der Waals surface area contributed by atoms with Crippen LogP contribution in [0.1, 0.15) is 15.9 Å². The lowest BCUT2D eigenvalue weighted by molar-refractivity contribution is 0.100. The van der Waals surface area contributed by atoms with E-state index in [0.717, 1.165) is 6.42 Å². The number of carbonyl (C=O) groups is 1. The van der Waals surface area contributed by atoms with E-state index in [2.05, 4.69) is 0 Å². The van der Waals surface area contributed by atoms with Gasteiger partial charge in [0.1, 0.15) is 11.5 Å². The fraction of sp³-hybridized carbons (Fsp3) is 0.188. The standard InChI is InChI=1S/C16H18N2O3/c1-20-9-8-11-2-4-12(5-3-11)21-13-6-7-15(17)14(10-13)16(18)19/h2-7,10H,8-9,17H2,1H3,(H2,18,19). The number of nitrogens with two attached hydrogens (primary N) is 2. The maximum absolute atomic E-state index is 11.2. The second-order valence-electron chi connectivity index (χ2n) is 4.60. The molecule has 0 spiro atoms. The number of primary amides is 1. The number of carbonyl (C=O) groups excluding carboxylic acids is 1. The molecule has 2 aromatic rings. The Balaban J connectivity index is 2.11. The smallest absolute Gasteiger partial charge is 0.250 e. The molecule has 0 aliphatic rings. The molecule has 2 rings (SSSR count). The highest BCUT2D eigenvalue weighted by molar-refractivity contribution is 5.98. The first kappa shape index (κ1) is 14.9. The number of rotatable bonds is 6. The third-order valence-electron chi connectivity index (χ3n) is 3.04. The predicted molar refractivity (Wildman–Crippen MR) is 81.5 cm³/mol. The van der Waals surface area contributed by atoms with Gasteiger partial charge in [-0.05, 0) is 42.3 Å². The van der Waals surface area contributed by atoms with Gasteiger partial charge < -0.3 is 20.9 Å². The first-order chi connectivity index (χ1) is 10.1. The number of anilines is 1. The Morgan fingerprint density at radius 3 is 2.38 bits per heavy atom. The SMILES string of the molecule is COCCc1ccc(Oc2ccc(N)c(C(N)=O)c2)cc1. The fourth-order valence-corrected chi connectivity index (χ4v) is 1.89. The summed E-state index contributed by atoms with van der Waals surface area (Å²) in [6.07, 6.45) is 0.852. The van der Waals surface area contributed by atoms with Crippen LogP contribution in [0.4, 0.5) is 5.69 Å². The molecule has 1 amide bonds. The van der Waals surface area contributed by atoms with Crippen LogP contribution < -0.4 is 16.2 Å². The highest BCUT2D eigenvalue weighted by atomic mass is 16.5. The van der Waals surface area contributed by atoms with Crippen LogP contribution in [0.15, 0.2) is 42.5 Å². The van der Waals surface area contributed by atoms with Gasteiger partial charge in [-0.3, -0.25) is 4.79 Å². The minimum Gasteiger partial charge on any atom is -0.457 e. The van der Waals surface area contributed by atoms with Crippen LogP contribution in [0.5, 0.6) is 11.5 Å². The molecular formula is C16H18N2O3. The van der Waals surface area contributed by atoms with Gasteiger partial charge in [-0.2, -0.15) is 0 Å². The third-order valence-corrected chi connectivity index (χ3v) is 3.04. The van der Waals surface area contributed by atoms with E-state index in [9.17, 15) is 4.79 Å². The van der Waals surface area contributed by atoms with Crippen LogP contribution in [0, 0.1) is 0 Å². The summed E-state index contributed by atoms with van der Waals surface area (Å²) in [5.41, 5.74) is 12.7. The Hall–Kier alpha value is -2.53. The van der Waals surface area contributed by atoms with E-state index >= 15 is 0 Å². The quantitative estimate of drug-likeness (QED) is 0.798. The summed E-state index contributed by atoms with van der Waals surface area (Å²) in [5, 5.41) is 0. The average Bonchev–Trinajstić information content (AvgIpc) is 2.48. The van der Waals surface area contributed by atoms with Crippen molar-refractivity contribution in [1.29, 1.82) is 0 Å². The monoisotopic (exact) mass is 286 g/mol. The predicted octanol–water partition coefficient (Wildman–Crippen LogP) is 2.35. The lowest BCUT2D eigenvalue weighted by atomic mass is 10.1. The van der Waals surface area contributed by atoms with Gasteiger partial charge in [-0.1, -0.05) is 12.1 Å². The van der Waals surface area contributed by atoms with Crippen molar-refractivity contribution in [3.05, 3.63) is 53.6 Å². The van der Waals surface area contributed by atoms with Gasteiger partial charge in [0.2, 0.25) is 0 Å². The number of ether oxygens (including phenoxy) is 2. The summed E-state index contributed by atoms with van der Waals surface area (Å²) in [7, 11) is 1.68. The molecule has 0 atom stereocenters. The van der Waals surface area contributed by atoms with E-state index in [1.807, 2.05) is 24.3 Å². The molecule has 0 fully saturated rings. The van der Waals surface area contributed by atoms with Crippen molar-refractivity contribution in [3.8, 4) is 11.5 Å². The van der Waals surface area contributed by atoms with E-state index in [0.29, 0.717) is 23.8 Å². The van der Waals surface area contributed by atoms with Crippen molar-refractivity contribution in [3.63, 3.8) is 0 Å². The Labute approximate surface area is 123 Å². The molecule has 0 saturated carbocycles. The van der Waals surface area contributed by atoms with Gasteiger partial charge in [0.05, 0.1) is 12.2 Å². The molecule has 0 heterocycles. The summed E-state index contributed by atoms with van der Waals surface area (Å²) in [6, 6.07) is 12.5. The first-order valence-electron chi connectivity index (χ1n) is 6.55. The molecule has 110 valence electrons. The van der Waals surface area contributed by atoms with Crippen LogP contribution in [0.25, 0.3) is 0 Å². The number of methoxy groups -OCH3 is 1. The van der Waals surface area contributed by atoms with Crippen molar-refractivity contribution >= 4 is 11.6 Å². The summed E-state index contributed by atoms with van der Waals surface area (Å²) >= 11 is 0. The molecule has 0 aliphatic carbocycles. The summed E-state index contributed by atoms with van der Waals surface area (Å²) in [5.74, 6) is 0.617. The van der Waals surface area contributed by atoms with Crippen LogP contribution in [0.3, 0.4) is 0 Å². The molecule has 0 aromatic heterocycles. The van der Waals surface area contributed by atoms with Crippen LogP contribution in [-0.2, 0) is 11.2 Å². The third kappa shape index (κ3) is 3.97. The zero-order valence-corrected chi connectivity index (χ0v) is 11.8. The maximum Gasteiger partial charge on any atom is 0.250 e. The number of hydrogen-bond acceptors (Lipinski definition) is 4. The number of nitrogen functional groups attached to an aromatic ring is 1. The summed E-state index contributed by atoms with van der Waals surface area (Å²) in [4.78, 5) is 11.2. The molecule has 0 bridgehead atoms. The first-order valence-corrected chi connectivity index (χ1v) is 6.55. The minimum atomic E-state index is -0.576. The van der Waals surface area contributed by atoms with E-state index in [1.54, 1.807) is 19.2 Å². The van der Waals surface area contributed by atoms with E-state index in [4.69, 9.17) is 20.9 Å². The topological polar surface area (TPSA) is 87.6 Å². The van der Waals surface area contributed by atoms with Gasteiger partial charge in [-0.15, -0.1) is 0 Å². The van der Waals surface area contributed by atoms with Crippen molar-refractivity contribution in [2.45, 2.75) is 6.42 Å². The highest BCUT2D eigenvalue weighted by Crippen LogP contribution is 2.25. The van der Waals surface area contributed by atoms with Crippen molar-refractivity contribution in [1.82, 2.24) is 0 Å². The van der Waals surface area contributed by atoms with Crippen LogP contribution in [-0.4, -0.2) is 19.6 Å². The zero-order chi connectivity index (χ0) is 15.2. The molecule has 21 heavy (non-hydrogen) atoms. The van der Waals surface area contributed by atoms with Gasteiger partial charge in [0.15, 0.2) is 0 Å². The van der Waals surface area contributed by atoms with E-state index in [1.165, 1.54) is 11.6 Å². The molecule has 2 aromatic carbocycles. The van der Waals surface area contributed by atoms with Crippen LogP contribution in [0.2, 0.25) is 0 Å². The normalized spacial score (nSPS) is 10.3. The molecule has 0 radical (unpaired) electrons. The molecule has 5 heteroatoms. The lowest BCUT2D eigenvalue weighted by Crippen LogP contribution is -2.13. The molecule has 0 saturated heterocycles. The maximum atomic E-state index is 11.2. The second kappa shape index (κ2) is 6.76. The number of benzene rings is 2. The average molecular weight is 286 g/mol. The van der Waals surface area contributed by atoms with Gasteiger partial charge in [0.25, 0.3) is 5.91 Å². The fourth-order valence-electron chi connectivity index (χ4n) is 1.89. The van der Waals surface area contributed by atoms with Crippen LogP contribution >= 0.6 is 0 Å². The number of hydrogen-bond donors (Lipinski definition) is 2. The second-order valence-corrected chi connectivity index (χ2v) is 4.60. The number of amides is 1. The molecule has 4 N–H and O–H groups in total. The van der Waals surface area contributed by atoms with Crippen molar-refractivity contribution < 1.29 is 14.3 Å². The van der Waals surface area contributed by atoms with E-state index < -0.39 is 5.91 Å². The largest absolute Gasteiger partial charge is 0.457 e. The molecule has 5 nitrogen and oxygen atoms in total. The Bertz CT molecular complexity index is 624. The van der Waals surface area contributed by atoms with Crippen molar-refractivity contribution in [2.24, 2.45) is 5.73 Å². The van der Waals surface area contributed by atoms with Gasteiger partial charge >= 0.3 is 0 Å². The summed E-state index contributed by atoms with van der Waals surface area (Å²) < 4.78 is 10.7. The highest BCUT2D eigenvalue weighted by Gasteiger charge is 2.08. The molecule has 0 aliphatic heterocycles. The van der Waals surface area contributed by atoms with Crippen molar-refractivity contribution in [2.75, 3.05) is 19.5 Å². The minimum absolute atomic E-state index is 0.254. The molecule has 0 unspecified atom stereocenters. The summed E-state index contributed by atoms with van der Waals surface area (Å²) in [6.45, 7) is 0.681. The Morgan fingerprint density at radius 2 is 1.76 bits per heavy atom. The zero-order valence-electron chi connectivity index (χ0n) is 11.8. The Morgan fingerprint density at radius 1 is 1.10 bits per heavy atom. The lowest BCUT2D eigenvalue weighted by Gasteiger charge is -2.09. The Kier molecular flexibility index (Phi) is 4.79. The van der Waals surface area contributed by atoms with E-state index in [-0.39, 0.29) is 5.56 Å². The van der Waals surface area contributed by atoms with Gasteiger partial charge in [-0.25, -0.2) is 0 Å². The van der Waals surface area contributed by atoms with Gasteiger partial charge in [0, 0.05) is 12.8 Å².